The van der Waals surface area contributed by atoms with Gasteiger partial charge in [0.05, 0.1) is 19.1 Å². The summed E-state index contributed by atoms with van der Waals surface area (Å²) in [5.41, 5.74) is 2.43. The fraction of sp³-hybridized carbons (Fsp3) is 0.889. The van der Waals surface area contributed by atoms with Crippen molar-refractivity contribution in [1.29, 1.82) is 0 Å². The average molecular weight is 202 g/mol. The second kappa shape index (κ2) is 5.95. The van der Waals surface area contributed by atoms with Crippen LogP contribution in [0.1, 0.15) is 13.3 Å². The van der Waals surface area contributed by atoms with E-state index >= 15 is 0 Å². The minimum Gasteiger partial charge on any atom is -0.382 e. The highest BCUT2D eigenvalue weighted by molar-refractivity contribution is 5.78. The van der Waals surface area contributed by atoms with E-state index in [0.717, 1.165) is 13.0 Å². The van der Waals surface area contributed by atoms with Crippen molar-refractivity contribution in [2.45, 2.75) is 19.4 Å². The number of ether oxygens (including phenoxy) is 1. The Labute approximate surface area is 84.1 Å². The van der Waals surface area contributed by atoms with Crippen molar-refractivity contribution < 1.29 is 14.4 Å². The number of hydroxylamine groups is 1. The molecular formula is C9H18N2O3. The maximum Gasteiger partial charge on any atom is 0.248 e. The van der Waals surface area contributed by atoms with Gasteiger partial charge in [-0.25, -0.2) is 5.48 Å². The van der Waals surface area contributed by atoms with Gasteiger partial charge in [-0.15, -0.1) is 0 Å². The van der Waals surface area contributed by atoms with Crippen LogP contribution in [0.15, 0.2) is 0 Å². The quantitative estimate of drug-likeness (QED) is 0.474. The standard InChI is InChI=1S/C9H18N2O3/c1-7-8(3-4-10-7)9(12)11-14-6-5-13-2/h7-8,10H,3-6H2,1-2H3,(H,11,12). The first-order valence-corrected chi connectivity index (χ1v) is 4.89. The van der Waals surface area contributed by atoms with Crippen LogP contribution in [-0.4, -0.2) is 38.8 Å². The minimum atomic E-state index is -0.0430. The molecule has 2 atom stereocenters. The Balaban J connectivity index is 2.14. The fourth-order valence-electron chi connectivity index (χ4n) is 1.54. The van der Waals surface area contributed by atoms with Crippen molar-refractivity contribution in [1.82, 2.24) is 10.8 Å². The molecule has 1 aliphatic heterocycles. The Morgan fingerprint density at radius 2 is 2.36 bits per heavy atom. The summed E-state index contributed by atoms with van der Waals surface area (Å²) in [7, 11) is 1.59. The second-order valence-corrected chi connectivity index (χ2v) is 3.45. The molecule has 0 aromatic carbocycles. The monoisotopic (exact) mass is 202 g/mol. The summed E-state index contributed by atoms with van der Waals surface area (Å²) in [6.45, 7) is 3.78. The maximum absolute atomic E-state index is 11.5. The van der Waals surface area contributed by atoms with E-state index in [1.54, 1.807) is 7.11 Å². The third-order valence-corrected chi connectivity index (χ3v) is 2.42. The summed E-state index contributed by atoms with van der Waals surface area (Å²) >= 11 is 0. The molecule has 82 valence electrons. The van der Waals surface area contributed by atoms with Crippen molar-refractivity contribution in [2.24, 2.45) is 5.92 Å². The maximum atomic E-state index is 11.5. The highest BCUT2D eigenvalue weighted by Crippen LogP contribution is 2.14. The van der Waals surface area contributed by atoms with Gasteiger partial charge < -0.3 is 10.1 Å². The number of nitrogens with one attached hydrogen (secondary N) is 2. The number of hydrogen-bond acceptors (Lipinski definition) is 4. The zero-order valence-electron chi connectivity index (χ0n) is 8.71. The third-order valence-electron chi connectivity index (χ3n) is 2.42. The number of amides is 1. The van der Waals surface area contributed by atoms with Crippen LogP contribution < -0.4 is 10.8 Å². The Morgan fingerprint density at radius 3 is 2.93 bits per heavy atom. The molecule has 1 saturated heterocycles. The van der Waals surface area contributed by atoms with E-state index in [-0.39, 0.29) is 17.9 Å². The van der Waals surface area contributed by atoms with Gasteiger partial charge in [-0.1, -0.05) is 0 Å². The van der Waals surface area contributed by atoms with Gasteiger partial charge in [0.2, 0.25) is 5.91 Å². The van der Waals surface area contributed by atoms with E-state index in [0.29, 0.717) is 13.2 Å². The lowest BCUT2D eigenvalue weighted by atomic mass is 10.0. The lowest BCUT2D eigenvalue weighted by Gasteiger charge is -2.14. The average Bonchev–Trinajstić information content (AvgIpc) is 2.59. The Bertz CT molecular complexity index is 187. The summed E-state index contributed by atoms with van der Waals surface area (Å²) in [5, 5.41) is 3.21. The van der Waals surface area contributed by atoms with Gasteiger partial charge in [-0.2, -0.15) is 0 Å². The van der Waals surface area contributed by atoms with Crippen LogP contribution >= 0.6 is 0 Å². The van der Waals surface area contributed by atoms with Gasteiger partial charge in [0.25, 0.3) is 0 Å². The molecule has 5 heteroatoms. The minimum absolute atomic E-state index is 0.0255. The van der Waals surface area contributed by atoms with E-state index in [2.05, 4.69) is 10.8 Å². The van der Waals surface area contributed by atoms with Gasteiger partial charge in [0.1, 0.15) is 0 Å². The first-order chi connectivity index (χ1) is 6.75. The number of methoxy groups -OCH3 is 1. The van der Waals surface area contributed by atoms with Crippen LogP contribution in [0.4, 0.5) is 0 Å². The van der Waals surface area contributed by atoms with Gasteiger partial charge in [-0.3, -0.25) is 9.63 Å². The normalized spacial score (nSPS) is 26.4. The molecule has 1 heterocycles. The van der Waals surface area contributed by atoms with Crippen LogP contribution in [0.2, 0.25) is 0 Å². The summed E-state index contributed by atoms with van der Waals surface area (Å²) in [4.78, 5) is 16.4. The van der Waals surface area contributed by atoms with Gasteiger partial charge >= 0.3 is 0 Å². The van der Waals surface area contributed by atoms with Gasteiger partial charge in [0, 0.05) is 13.2 Å². The zero-order valence-corrected chi connectivity index (χ0v) is 8.71. The van der Waals surface area contributed by atoms with E-state index in [1.807, 2.05) is 6.92 Å². The number of hydrogen-bond donors (Lipinski definition) is 2. The van der Waals surface area contributed by atoms with Crippen molar-refractivity contribution in [3.63, 3.8) is 0 Å². The molecule has 0 bridgehead atoms. The molecule has 0 radical (unpaired) electrons. The SMILES string of the molecule is COCCONC(=O)C1CCNC1C. The highest BCUT2D eigenvalue weighted by atomic mass is 16.7. The molecule has 0 spiro atoms. The predicted octanol–water partition coefficient (Wildman–Crippen LogP) is -0.321. The fourth-order valence-corrected chi connectivity index (χ4v) is 1.54. The van der Waals surface area contributed by atoms with Crippen molar-refractivity contribution in [3.8, 4) is 0 Å². The number of rotatable bonds is 5. The van der Waals surface area contributed by atoms with E-state index in [4.69, 9.17) is 9.57 Å². The van der Waals surface area contributed by atoms with Crippen LogP contribution in [0.3, 0.4) is 0 Å². The lowest BCUT2D eigenvalue weighted by molar-refractivity contribution is -0.138. The molecule has 0 aromatic heterocycles. The molecule has 0 saturated carbocycles. The van der Waals surface area contributed by atoms with E-state index in [1.165, 1.54) is 0 Å². The molecule has 2 N–H and O–H groups in total. The van der Waals surface area contributed by atoms with Gasteiger partial charge in [-0.05, 0) is 19.9 Å². The Hall–Kier alpha value is -0.650. The summed E-state index contributed by atoms with van der Waals surface area (Å²) in [5.74, 6) is -0.0175. The molecular weight excluding hydrogens is 184 g/mol. The van der Waals surface area contributed by atoms with Crippen molar-refractivity contribution in [3.05, 3.63) is 0 Å². The number of carbonyl (C=O) groups excluding carboxylic acids is 1. The molecule has 0 aliphatic carbocycles. The highest BCUT2D eigenvalue weighted by Gasteiger charge is 2.29. The third kappa shape index (κ3) is 3.25. The molecule has 1 aliphatic rings. The Morgan fingerprint density at radius 1 is 1.57 bits per heavy atom. The summed E-state index contributed by atoms with van der Waals surface area (Å²) in [6, 6.07) is 0.237. The molecule has 1 amide bonds. The van der Waals surface area contributed by atoms with Crippen LogP contribution in [0.5, 0.6) is 0 Å². The van der Waals surface area contributed by atoms with Crippen LogP contribution in [0.25, 0.3) is 0 Å². The first kappa shape index (κ1) is 11.4. The summed E-state index contributed by atoms with van der Waals surface area (Å²) in [6.07, 6.45) is 0.876. The van der Waals surface area contributed by atoms with Crippen LogP contribution in [0, 0.1) is 5.92 Å². The van der Waals surface area contributed by atoms with Crippen LogP contribution in [-0.2, 0) is 14.4 Å². The predicted molar refractivity (Wildman–Crippen MR) is 51.5 cm³/mol. The lowest BCUT2D eigenvalue weighted by Crippen LogP contribution is -2.37. The largest absolute Gasteiger partial charge is 0.382 e. The molecule has 1 fully saturated rings. The first-order valence-electron chi connectivity index (χ1n) is 4.89. The van der Waals surface area contributed by atoms with E-state index in [9.17, 15) is 4.79 Å². The molecule has 1 rings (SSSR count). The molecule has 2 unspecified atom stereocenters. The molecule has 14 heavy (non-hydrogen) atoms. The van der Waals surface area contributed by atoms with Crippen molar-refractivity contribution in [2.75, 3.05) is 26.9 Å². The Kier molecular flexibility index (Phi) is 4.86. The summed E-state index contributed by atoms with van der Waals surface area (Å²) < 4.78 is 4.78. The zero-order chi connectivity index (χ0) is 10.4. The molecule has 5 nitrogen and oxygen atoms in total. The van der Waals surface area contributed by atoms with Crippen molar-refractivity contribution >= 4 is 5.91 Å². The second-order valence-electron chi connectivity index (χ2n) is 3.45. The number of carbonyl (C=O) groups is 1. The van der Waals surface area contributed by atoms with E-state index < -0.39 is 0 Å². The topological polar surface area (TPSA) is 59.6 Å². The molecule has 0 aromatic rings. The smallest absolute Gasteiger partial charge is 0.248 e. The van der Waals surface area contributed by atoms with Gasteiger partial charge in [0.15, 0.2) is 0 Å².